The standard InChI is InChI=1S/C20H21N3O3S2/c24-17(26-10-2-3-13-6-8-21-9-7-13)12-27-11-16-22-19(25)18-14-4-1-5-15(14)28-20(18)23-16/h6-9H,1-5,10-12H2,(H,22,23,25). The lowest BCUT2D eigenvalue weighted by Crippen LogP contribution is -2.12. The summed E-state index contributed by atoms with van der Waals surface area (Å²) in [6.07, 6.45) is 8.32. The molecule has 0 atom stereocenters. The number of fused-ring (bicyclic) bond motifs is 3. The Kier molecular flexibility index (Phi) is 6.07. The molecule has 146 valence electrons. The first-order valence-electron chi connectivity index (χ1n) is 9.36. The number of thioether (sulfide) groups is 1. The highest BCUT2D eigenvalue weighted by molar-refractivity contribution is 7.99. The monoisotopic (exact) mass is 415 g/mol. The van der Waals surface area contributed by atoms with Gasteiger partial charge in [0.05, 0.1) is 23.5 Å². The highest BCUT2D eigenvalue weighted by Gasteiger charge is 2.21. The molecule has 0 fully saturated rings. The van der Waals surface area contributed by atoms with Crippen molar-refractivity contribution in [1.82, 2.24) is 15.0 Å². The van der Waals surface area contributed by atoms with Crippen molar-refractivity contribution in [1.29, 1.82) is 0 Å². The van der Waals surface area contributed by atoms with Crippen LogP contribution in [0.25, 0.3) is 10.2 Å². The highest BCUT2D eigenvalue weighted by atomic mass is 32.2. The van der Waals surface area contributed by atoms with Crippen LogP contribution in [0.5, 0.6) is 0 Å². The summed E-state index contributed by atoms with van der Waals surface area (Å²) < 4.78 is 5.27. The van der Waals surface area contributed by atoms with E-state index in [9.17, 15) is 9.59 Å². The number of carbonyl (C=O) groups excluding carboxylic acids is 1. The van der Waals surface area contributed by atoms with E-state index in [0.717, 1.165) is 42.3 Å². The predicted octanol–water partition coefficient (Wildman–Crippen LogP) is 3.28. The maximum absolute atomic E-state index is 12.4. The second-order valence-electron chi connectivity index (χ2n) is 6.72. The summed E-state index contributed by atoms with van der Waals surface area (Å²) in [7, 11) is 0. The number of esters is 1. The Morgan fingerprint density at radius 1 is 1.29 bits per heavy atom. The molecule has 1 aliphatic carbocycles. The zero-order valence-electron chi connectivity index (χ0n) is 15.4. The molecule has 1 aliphatic rings. The average molecular weight is 416 g/mol. The molecular formula is C20H21N3O3S2. The number of aromatic amines is 1. The van der Waals surface area contributed by atoms with Crippen LogP contribution in [0.1, 0.15) is 34.7 Å². The molecule has 0 amide bonds. The number of H-pyrrole nitrogens is 1. The van der Waals surface area contributed by atoms with Gasteiger partial charge >= 0.3 is 5.97 Å². The number of ether oxygens (including phenoxy) is 1. The van der Waals surface area contributed by atoms with E-state index in [1.165, 1.54) is 27.8 Å². The first-order chi connectivity index (χ1) is 13.7. The van der Waals surface area contributed by atoms with Crippen molar-refractivity contribution in [3.05, 3.63) is 56.7 Å². The molecule has 4 rings (SSSR count). The molecule has 0 aliphatic heterocycles. The smallest absolute Gasteiger partial charge is 0.315 e. The normalized spacial score (nSPS) is 13.0. The quantitative estimate of drug-likeness (QED) is 0.449. The lowest BCUT2D eigenvalue weighted by Gasteiger charge is -2.05. The van der Waals surface area contributed by atoms with Crippen LogP contribution in [0.2, 0.25) is 0 Å². The van der Waals surface area contributed by atoms with Gasteiger partial charge in [0.2, 0.25) is 0 Å². The largest absolute Gasteiger partial charge is 0.465 e. The average Bonchev–Trinajstić information content (AvgIpc) is 3.27. The van der Waals surface area contributed by atoms with Gasteiger partial charge in [0, 0.05) is 17.3 Å². The van der Waals surface area contributed by atoms with Gasteiger partial charge in [0.15, 0.2) is 0 Å². The van der Waals surface area contributed by atoms with Gasteiger partial charge in [-0.05, 0) is 55.4 Å². The first kappa shape index (κ1) is 19.1. The Morgan fingerprint density at radius 2 is 2.14 bits per heavy atom. The zero-order chi connectivity index (χ0) is 19.3. The molecular weight excluding hydrogens is 394 g/mol. The summed E-state index contributed by atoms with van der Waals surface area (Å²) in [5.41, 5.74) is 2.31. The first-order valence-corrected chi connectivity index (χ1v) is 11.3. The molecule has 0 aromatic carbocycles. The van der Waals surface area contributed by atoms with Gasteiger partial charge < -0.3 is 9.72 Å². The Morgan fingerprint density at radius 3 is 3.00 bits per heavy atom. The minimum atomic E-state index is -0.238. The number of rotatable bonds is 8. The fourth-order valence-corrected chi connectivity index (χ4v) is 5.36. The number of aryl methyl sites for hydroxylation is 3. The molecule has 0 saturated carbocycles. The van der Waals surface area contributed by atoms with Crippen molar-refractivity contribution in [2.24, 2.45) is 0 Å². The lowest BCUT2D eigenvalue weighted by atomic mass is 10.1. The van der Waals surface area contributed by atoms with Crippen molar-refractivity contribution in [2.75, 3.05) is 12.4 Å². The second kappa shape index (κ2) is 8.87. The van der Waals surface area contributed by atoms with E-state index in [1.54, 1.807) is 23.7 Å². The number of pyridine rings is 1. The number of hydrogen-bond acceptors (Lipinski definition) is 7. The molecule has 3 heterocycles. The van der Waals surface area contributed by atoms with Gasteiger partial charge in [-0.2, -0.15) is 0 Å². The predicted molar refractivity (Wildman–Crippen MR) is 112 cm³/mol. The zero-order valence-corrected chi connectivity index (χ0v) is 17.0. The third kappa shape index (κ3) is 4.44. The molecule has 0 spiro atoms. The van der Waals surface area contributed by atoms with Crippen LogP contribution in [0.4, 0.5) is 0 Å². The van der Waals surface area contributed by atoms with Crippen LogP contribution in [0.15, 0.2) is 29.3 Å². The number of aromatic nitrogens is 3. The number of thiophene rings is 1. The van der Waals surface area contributed by atoms with E-state index in [1.807, 2.05) is 12.1 Å². The van der Waals surface area contributed by atoms with Crippen LogP contribution in [-0.4, -0.2) is 33.3 Å². The van der Waals surface area contributed by atoms with Gasteiger partial charge in [0.1, 0.15) is 10.7 Å². The molecule has 3 aromatic rings. The fourth-order valence-electron chi connectivity index (χ4n) is 3.40. The highest BCUT2D eigenvalue weighted by Crippen LogP contribution is 2.34. The third-order valence-corrected chi connectivity index (χ3v) is 6.81. The van der Waals surface area contributed by atoms with Gasteiger partial charge in [-0.3, -0.25) is 14.6 Å². The third-order valence-electron chi connectivity index (χ3n) is 4.70. The van der Waals surface area contributed by atoms with Gasteiger partial charge in [-0.25, -0.2) is 4.98 Å². The van der Waals surface area contributed by atoms with E-state index in [0.29, 0.717) is 18.2 Å². The summed E-state index contributed by atoms with van der Waals surface area (Å²) in [6.45, 7) is 0.406. The van der Waals surface area contributed by atoms with E-state index in [2.05, 4.69) is 15.0 Å². The van der Waals surface area contributed by atoms with E-state index in [4.69, 9.17) is 4.74 Å². The molecule has 0 unspecified atom stereocenters. The van der Waals surface area contributed by atoms with Crippen molar-refractivity contribution in [3.8, 4) is 0 Å². The van der Waals surface area contributed by atoms with Crippen LogP contribution in [0, 0.1) is 0 Å². The van der Waals surface area contributed by atoms with Gasteiger partial charge in [-0.15, -0.1) is 23.1 Å². The lowest BCUT2D eigenvalue weighted by molar-refractivity contribution is -0.140. The van der Waals surface area contributed by atoms with Crippen LogP contribution >= 0.6 is 23.1 Å². The number of nitrogens with one attached hydrogen (secondary N) is 1. The van der Waals surface area contributed by atoms with Crippen molar-refractivity contribution >= 4 is 39.3 Å². The molecule has 28 heavy (non-hydrogen) atoms. The SMILES string of the molecule is O=C(CSCc1nc2sc3c(c2c(=O)[nH]1)CCC3)OCCCc1ccncc1. The summed E-state index contributed by atoms with van der Waals surface area (Å²) in [5, 5.41) is 0.764. The molecule has 6 nitrogen and oxygen atoms in total. The molecule has 1 N–H and O–H groups in total. The van der Waals surface area contributed by atoms with Crippen LogP contribution in [0.3, 0.4) is 0 Å². The van der Waals surface area contributed by atoms with E-state index < -0.39 is 0 Å². The van der Waals surface area contributed by atoms with Crippen molar-refractivity contribution in [2.45, 2.75) is 37.9 Å². The van der Waals surface area contributed by atoms with E-state index >= 15 is 0 Å². The van der Waals surface area contributed by atoms with Gasteiger partial charge in [-0.1, -0.05) is 0 Å². The minimum absolute atomic E-state index is 0.0568. The Hall–Kier alpha value is -2.19. The molecule has 0 saturated heterocycles. The second-order valence-corrected chi connectivity index (χ2v) is 8.79. The topological polar surface area (TPSA) is 84.9 Å². The van der Waals surface area contributed by atoms with E-state index in [-0.39, 0.29) is 17.3 Å². The number of hydrogen-bond donors (Lipinski definition) is 1. The molecule has 3 aromatic heterocycles. The Balaban J connectivity index is 1.22. The maximum Gasteiger partial charge on any atom is 0.315 e. The number of carbonyl (C=O) groups is 1. The molecule has 8 heteroatoms. The number of nitrogens with zero attached hydrogens (tertiary/aromatic N) is 2. The Bertz CT molecular complexity index is 1030. The maximum atomic E-state index is 12.4. The van der Waals surface area contributed by atoms with Gasteiger partial charge in [0.25, 0.3) is 5.56 Å². The van der Waals surface area contributed by atoms with Crippen molar-refractivity contribution in [3.63, 3.8) is 0 Å². The summed E-state index contributed by atoms with van der Waals surface area (Å²) in [5.74, 6) is 1.11. The summed E-state index contributed by atoms with van der Waals surface area (Å²) in [4.78, 5) is 37.9. The van der Waals surface area contributed by atoms with Crippen LogP contribution in [-0.2, 0) is 34.5 Å². The summed E-state index contributed by atoms with van der Waals surface area (Å²) >= 11 is 3.04. The Labute approximate surface area is 170 Å². The molecule has 0 bridgehead atoms. The van der Waals surface area contributed by atoms with Crippen molar-refractivity contribution < 1.29 is 9.53 Å². The van der Waals surface area contributed by atoms with Crippen LogP contribution < -0.4 is 5.56 Å². The fraction of sp³-hybridized carbons (Fsp3) is 0.400. The summed E-state index contributed by atoms with van der Waals surface area (Å²) in [6, 6.07) is 3.93. The minimum Gasteiger partial charge on any atom is -0.465 e. The molecule has 0 radical (unpaired) electrons.